The van der Waals surface area contributed by atoms with E-state index in [0.717, 1.165) is 19.5 Å². The number of allylic oxidation sites excluding steroid dienone is 3. The normalized spacial score (nSPS) is 12.6. The van der Waals surface area contributed by atoms with Crippen molar-refractivity contribution in [2.24, 2.45) is 0 Å². The minimum atomic E-state index is 1.06. The van der Waals surface area contributed by atoms with Crippen LogP contribution >= 0.6 is 0 Å². The Balaban J connectivity index is 4.15. The first kappa shape index (κ1) is 12.2. The summed E-state index contributed by atoms with van der Waals surface area (Å²) in [6.45, 7) is 14.0. The molecular formula is C12H21N. The molecule has 0 rings (SSSR count). The molecule has 0 aromatic carbocycles. The number of nitrogens with zero attached hydrogens (tertiary/aromatic N) is 1. The van der Waals surface area contributed by atoms with Crippen molar-refractivity contribution in [1.29, 1.82) is 0 Å². The van der Waals surface area contributed by atoms with Crippen LogP contribution in [0.2, 0.25) is 0 Å². The molecule has 0 aliphatic rings. The molecule has 0 bridgehead atoms. The van der Waals surface area contributed by atoms with Crippen LogP contribution in [0.1, 0.15) is 20.3 Å². The Kier molecular flexibility index (Phi) is 6.25. The first-order valence-electron chi connectivity index (χ1n) is 4.78. The Hall–Kier alpha value is -0.820. The Morgan fingerprint density at radius 1 is 1.31 bits per heavy atom. The fraction of sp³-hybridized carbons (Fsp3) is 0.500. The van der Waals surface area contributed by atoms with Gasteiger partial charge < -0.3 is 4.90 Å². The van der Waals surface area contributed by atoms with Crippen LogP contribution < -0.4 is 0 Å². The average molecular weight is 179 g/mol. The summed E-state index contributed by atoms with van der Waals surface area (Å²) < 4.78 is 0. The smallest absolute Gasteiger partial charge is 0.00187 e. The fourth-order valence-electron chi connectivity index (χ4n) is 1.06. The molecule has 0 radical (unpaired) electrons. The molecule has 1 nitrogen and oxygen atoms in total. The summed E-state index contributed by atoms with van der Waals surface area (Å²) in [5.41, 5.74) is 2.54. The van der Waals surface area contributed by atoms with Crippen molar-refractivity contribution in [1.82, 2.24) is 4.90 Å². The fourth-order valence-corrected chi connectivity index (χ4v) is 1.06. The largest absolute Gasteiger partial charge is 0.306 e. The molecular weight excluding hydrogens is 158 g/mol. The minimum absolute atomic E-state index is 1.06. The SMILES string of the molecule is C=C/C(C)=C(\C=C)CCN(C)CC. The molecule has 0 N–H and O–H groups in total. The van der Waals surface area contributed by atoms with Gasteiger partial charge in [-0.05, 0) is 38.1 Å². The van der Waals surface area contributed by atoms with Gasteiger partial charge in [0.2, 0.25) is 0 Å². The molecule has 0 fully saturated rings. The highest BCUT2D eigenvalue weighted by Gasteiger charge is 1.98. The van der Waals surface area contributed by atoms with Crippen molar-refractivity contribution in [2.45, 2.75) is 20.3 Å². The highest BCUT2D eigenvalue weighted by atomic mass is 15.1. The summed E-state index contributed by atoms with van der Waals surface area (Å²) in [5.74, 6) is 0. The van der Waals surface area contributed by atoms with E-state index in [2.05, 4.69) is 39.0 Å². The minimum Gasteiger partial charge on any atom is -0.306 e. The highest BCUT2D eigenvalue weighted by Crippen LogP contribution is 2.10. The van der Waals surface area contributed by atoms with Crippen LogP contribution in [0.4, 0.5) is 0 Å². The van der Waals surface area contributed by atoms with Crippen LogP contribution in [-0.2, 0) is 0 Å². The Morgan fingerprint density at radius 2 is 1.92 bits per heavy atom. The van der Waals surface area contributed by atoms with E-state index in [1.807, 2.05) is 12.2 Å². The van der Waals surface area contributed by atoms with Gasteiger partial charge in [-0.15, -0.1) is 0 Å². The molecule has 0 spiro atoms. The second kappa shape index (κ2) is 6.67. The van der Waals surface area contributed by atoms with Gasteiger partial charge in [-0.3, -0.25) is 0 Å². The Morgan fingerprint density at radius 3 is 2.31 bits per heavy atom. The zero-order chi connectivity index (χ0) is 10.3. The van der Waals surface area contributed by atoms with Gasteiger partial charge >= 0.3 is 0 Å². The van der Waals surface area contributed by atoms with Gasteiger partial charge in [0.15, 0.2) is 0 Å². The lowest BCUT2D eigenvalue weighted by Gasteiger charge is -2.14. The molecule has 13 heavy (non-hydrogen) atoms. The molecule has 0 atom stereocenters. The summed E-state index contributed by atoms with van der Waals surface area (Å²) in [4.78, 5) is 2.29. The molecule has 0 heterocycles. The van der Waals surface area contributed by atoms with Crippen LogP contribution in [0.25, 0.3) is 0 Å². The maximum Gasteiger partial charge on any atom is 0.00187 e. The quantitative estimate of drug-likeness (QED) is 0.566. The average Bonchev–Trinajstić information content (AvgIpc) is 2.17. The molecule has 1 heteroatoms. The monoisotopic (exact) mass is 179 g/mol. The third-order valence-electron chi connectivity index (χ3n) is 2.36. The van der Waals surface area contributed by atoms with Crippen molar-refractivity contribution < 1.29 is 0 Å². The topological polar surface area (TPSA) is 3.24 Å². The van der Waals surface area contributed by atoms with Gasteiger partial charge in [0.05, 0.1) is 0 Å². The van der Waals surface area contributed by atoms with Crippen molar-refractivity contribution in [3.63, 3.8) is 0 Å². The van der Waals surface area contributed by atoms with E-state index in [-0.39, 0.29) is 0 Å². The third-order valence-corrected chi connectivity index (χ3v) is 2.36. The van der Waals surface area contributed by atoms with Crippen LogP contribution in [0.3, 0.4) is 0 Å². The van der Waals surface area contributed by atoms with Crippen molar-refractivity contribution in [2.75, 3.05) is 20.1 Å². The van der Waals surface area contributed by atoms with Gasteiger partial charge in [0.25, 0.3) is 0 Å². The molecule has 0 aromatic rings. The second-order valence-corrected chi connectivity index (χ2v) is 3.26. The summed E-state index contributed by atoms with van der Waals surface area (Å²) in [6, 6.07) is 0. The summed E-state index contributed by atoms with van der Waals surface area (Å²) in [7, 11) is 2.13. The lowest BCUT2D eigenvalue weighted by Crippen LogP contribution is -2.19. The lowest BCUT2D eigenvalue weighted by molar-refractivity contribution is 0.358. The zero-order valence-electron chi connectivity index (χ0n) is 9.14. The second-order valence-electron chi connectivity index (χ2n) is 3.26. The van der Waals surface area contributed by atoms with E-state index in [0.29, 0.717) is 0 Å². The van der Waals surface area contributed by atoms with Gasteiger partial charge in [-0.2, -0.15) is 0 Å². The highest BCUT2D eigenvalue weighted by molar-refractivity contribution is 5.29. The van der Waals surface area contributed by atoms with Crippen LogP contribution in [-0.4, -0.2) is 25.0 Å². The van der Waals surface area contributed by atoms with Gasteiger partial charge in [-0.25, -0.2) is 0 Å². The first-order chi connectivity index (χ1) is 6.15. The van der Waals surface area contributed by atoms with Crippen molar-refractivity contribution >= 4 is 0 Å². The predicted molar refractivity (Wildman–Crippen MR) is 60.9 cm³/mol. The zero-order valence-corrected chi connectivity index (χ0v) is 9.14. The van der Waals surface area contributed by atoms with Crippen molar-refractivity contribution in [3.8, 4) is 0 Å². The third kappa shape index (κ3) is 4.69. The molecule has 0 saturated carbocycles. The summed E-state index contributed by atoms with van der Waals surface area (Å²) in [6.07, 6.45) is 4.88. The lowest BCUT2D eigenvalue weighted by atomic mass is 10.1. The van der Waals surface area contributed by atoms with E-state index in [1.54, 1.807) is 0 Å². The molecule has 74 valence electrons. The number of hydrogen-bond acceptors (Lipinski definition) is 1. The molecule has 0 saturated heterocycles. The molecule has 0 amide bonds. The molecule has 0 aliphatic carbocycles. The van der Waals surface area contributed by atoms with E-state index < -0.39 is 0 Å². The maximum atomic E-state index is 3.81. The number of rotatable bonds is 6. The maximum absolute atomic E-state index is 3.81. The molecule has 0 unspecified atom stereocenters. The summed E-state index contributed by atoms with van der Waals surface area (Å²) >= 11 is 0. The Bertz CT molecular complexity index is 201. The number of hydrogen-bond donors (Lipinski definition) is 0. The predicted octanol–water partition coefficient (Wildman–Crippen LogP) is 3.02. The van der Waals surface area contributed by atoms with E-state index in [9.17, 15) is 0 Å². The van der Waals surface area contributed by atoms with E-state index in [1.165, 1.54) is 11.1 Å². The molecule has 0 aliphatic heterocycles. The van der Waals surface area contributed by atoms with Gasteiger partial charge in [-0.1, -0.05) is 32.2 Å². The Labute approximate surface area is 82.4 Å². The van der Waals surface area contributed by atoms with Crippen molar-refractivity contribution in [3.05, 3.63) is 36.5 Å². The van der Waals surface area contributed by atoms with Gasteiger partial charge in [0.1, 0.15) is 0 Å². The van der Waals surface area contributed by atoms with Crippen LogP contribution in [0, 0.1) is 0 Å². The van der Waals surface area contributed by atoms with Gasteiger partial charge in [0, 0.05) is 6.54 Å². The van der Waals surface area contributed by atoms with Crippen LogP contribution in [0.15, 0.2) is 36.5 Å². The van der Waals surface area contributed by atoms with E-state index in [4.69, 9.17) is 0 Å². The summed E-state index contributed by atoms with van der Waals surface area (Å²) in [5, 5.41) is 0. The van der Waals surface area contributed by atoms with E-state index >= 15 is 0 Å². The standard InChI is InChI=1S/C12H21N/c1-6-11(4)12(7-2)9-10-13(5)8-3/h6-7H,1-2,8-10H2,3-5H3/b12-11+. The molecule has 0 aromatic heterocycles. The van der Waals surface area contributed by atoms with Crippen LogP contribution in [0.5, 0.6) is 0 Å². The first-order valence-corrected chi connectivity index (χ1v) is 4.78.